The minimum Gasteiger partial charge on any atom is -0.306 e. The maximum Gasteiger partial charge on any atom is 0.0870 e. The van der Waals surface area contributed by atoms with Crippen molar-refractivity contribution in [2.75, 3.05) is 0 Å². The maximum atomic E-state index is 4.59. The van der Waals surface area contributed by atoms with Crippen molar-refractivity contribution < 1.29 is 0 Å². The van der Waals surface area contributed by atoms with Crippen LogP contribution in [-0.4, -0.2) is 9.38 Å². The van der Waals surface area contributed by atoms with E-state index in [4.69, 9.17) is 0 Å². The molecule has 0 saturated carbocycles. The Kier molecular flexibility index (Phi) is 2.37. The first-order chi connectivity index (χ1) is 12.4. The number of fused-ring (bicyclic) bond motifs is 4. The standard InChI is InChI=1S/C23H14N2/c1-2-7-16-13-21-19(12-15(16)6-1)18-9-5-8-17-14-22(25(21)23(17)18)20-10-3-4-11-24-20/h1-14H. The molecule has 0 bridgehead atoms. The van der Waals surface area contributed by atoms with Gasteiger partial charge in [0.1, 0.15) is 0 Å². The highest BCUT2D eigenvalue weighted by Crippen LogP contribution is 2.39. The van der Waals surface area contributed by atoms with Gasteiger partial charge in [0.25, 0.3) is 0 Å². The van der Waals surface area contributed by atoms with Gasteiger partial charge in [-0.2, -0.15) is 0 Å². The Morgan fingerprint density at radius 3 is 2.28 bits per heavy atom. The number of benzene rings is 3. The molecule has 3 aromatic carbocycles. The Labute approximate surface area is 144 Å². The van der Waals surface area contributed by atoms with Crippen LogP contribution < -0.4 is 0 Å². The van der Waals surface area contributed by atoms with Crippen LogP contribution in [0.1, 0.15) is 0 Å². The zero-order valence-corrected chi connectivity index (χ0v) is 13.5. The van der Waals surface area contributed by atoms with Crippen molar-refractivity contribution in [3.63, 3.8) is 0 Å². The van der Waals surface area contributed by atoms with Gasteiger partial charge in [-0.25, -0.2) is 0 Å². The molecule has 6 aromatic rings. The van der Waals surface area contributed by atoms with E-state index in [0.717, 1.165) is 11.4 Å². The van der Waals surface area contributed by atoms with Crippen molar-refractivity contribution in [2.24, 2.45) is 0 Å². The van der Waals surface area contributed by atoms with Crippen molar-refractivity contribution in [3.8, 4) is 11.4 Å². The summed E-state index contributed by atoms with van der Waals surface area (Å²) in [6.45, 7) is 0. The van der Waals surface area contributed by atoms with Crippen LogP contribution >= 0.6 is 0 Å². The Balaban J connectivity index is 1.89. The second-order valence-electron chi connectivity index (χ2n) is 6.54. The minimum atomic E-state index is 1.01. The molecule has 0 fully saturated rings. The maximum absolute atomic E-state index is 4.59. The van der Waals surface area contributed by atoms with E-state index in [1.165, 1.54) is 38.0 Å². The van der Waals surface area contributed by atoms with Gasteiger partial charge < -0.3 is 4.40 Å². The minimum absolute atomic E-state index is 1.01. The van der Waals surface area contributed by atoms with Crippen LogP contribution in [0.25, 0.3) is 49.4 Å². The molecule has 0 aliphatic carbocycles. The van der Waals surface area contributed by atoms with Gasteiger partial charge >= 0.3 is 0 Å². The second-order valence-corrected chi connectivity index (χ2v) is 6.54. The number of para-hydroxylation sites is 1. The third kappa shape index (κ3) is 1.66. The van der Waals surface area contributed by atoms with Crippen LogP contribution in [0.2, 0.25) is 0 Å². The van der Waals surface area contributed by atoms with Crippen molar-refractivity contribution in [3.05, 3.63) is 85.1 Å². The van der Waals surface area contributed by atoms with E-state index in [2.05, 4.69) is 76.1 Å². The molecule has 3 heterocycles. The van der Waals surface area contributed by atoms with E-state index in [1.807, 2.05) is 18.3 Å². The molecule has 0 aliphatic rings. The highest BCUT2D eigenvalue weighted by molar-refractivity contribution is 6.18. The molecular weight excluding hydrogens is 304 g/mol. The topological polar surface area (TPSA) is 17.3 Å². The average Bonchev–Trinajstić information content (AvgIpc) is 3.21. The number of aromatic nitrogens is 2. The molecule has 3 aromatic heterocycles. The summed E-state index contributed by atoms with van der Waals surface area (Å²) in [7, 11) is 0. The fraction of sp³-hybridized carbons (Fsp3) is 0. The largest absolute Gasteiger partial charge is 0.306 e. The van der Waals surface area contributed by atoms with Crippen LogP contribution in [-0.2, 0) is 0 Å². The van der Waals surface area contributed by atoms with Gasteiger partial charge in [-0.05, 0) is 41.1 Å². The Morgan fingerprint density at radius 1 is 0.640 bits per heavy atom. The Bertz CT molecular complexity index is 1380. The lowest BCUT2D eigenvalue weighted by molar-refractivity contribution is 1.24. The first-order valence-electron chi connectivity index (χ1n) is 8.49. The SMILES string of the molecule is c1ccc(-c2cc3cccc4c5cc6ccccc6cc5n2c34)nc1. The fourth-order valence-corrected chi connectivity index (χ4v) is 4.06. The van der Waals surface area contributed by atoms with Crippen LogP contribution in [0.15, 0.2) is 85.1 Å². The first kappa shape index (κ1) is 13.0. The second kappa shape index (κ2) is 4.58. The molecule has 116 valence electrons. The smallest absolute Gasteiger partial charge is 0.0870 e. The molecule has 25 heavy (non-hydrogen) atoms. The molecule has 0 radical (unpaired) electrons. The highest BCUT2D eigenvalue weighted by atomic mass is 14.9. The number of hydrogen-bond donors (Lipinski definition) is 0. The number of nitrogens with zero attached hydrogens (tertiary/aromatic N) is 2. The lowest BCUT2D eigenvalue weighted by Gasteiger charge is -2.03. The summed E-state index contributed by atoms with van der Waals surface area (Å²) in [5.41, 5.74) is 4.69. The lowest BCUT2D eigenvalue weighted by Crippen LogP contribution is -1.88. The molecular formula is C23H14N2. The molecule has 0 saturated heterocycles. The van der Waals surface area contributed by atoms with Gasteiger partial charge in [0.2, 0.25) is 0 Å². The summed E-state index contributed by atoms with van der Waals surface area (Å²) >= 11 is 0. The summed E-state index contributed by atoms with van der Waals surface area (Å²) in [6.07, 6.45) is 1.86. The van der Waals surface area contributed by atoms with E-state index in [0.29, 0.717) is 0 Å². The summed E-state index contributed by atoms with van der Waals surface area (Å²) in [6, 6.07) is 28.1. The first-order valence-corrected chi connectivity index (χ1v) is 8.49. The van der Waals surface area contributed by atoms with Gasteiger partial charge in [-0.1, -0.05) is 48.5 Å². The van der Waals surface area contributed by atoms with Crippen LogP contribution in [0.3, 0.4) is 0 Å². The van der Waals surface area contributed by atoms with E-state index >= 15 is 0 Å². The predicted molar refractivity (Wildman–Crippen MR) is 104 cm³/mol. The summed E-state index contributed by atoms with van der Waals surface area (Å²) < 4.78 is 2.37. The van der Waals surface area contributed by atoms with E-state index < -0.39 is 0 Å². The number of pyridine rings is 1. The average molecular weight is 318 g/mol. The summed E-state index contributed by atoms with van der Waals surface area (Å²) in [5.74, 6) is 0. The summed E-state index contributed by atoms with van der Waals surface area (Å²) in [5, 5.41) is 6.42. The van der Waals surface area contributed by atoms with E-state index in [1.54, 1.807) is 0 Å². The zero-order valence-electron chi connectivity index (χ0n) is 13.5. The molecule has 0 amide bonds. The molecule has 0 spiro atoms. The third-order valence-corrected chi connectivity index (χ3v) is 5.15. The molecule has 0 atom stereocenters. The quantitative estimate of drug-likeness (QED) is 0.369. The number of hydrogen-bond acceptors (Lipinski definition) is 1. The van der Waals surface area contributed by atoms with Crippen molar-refractivity contribution in [2.45, 2.75) is 0 Å². The van der Waals surface area contributed by atoms with Crippen LogP contribution in [0.4, 0.5) is 0 Å². The van der Waals surface area contributed by atoms with Gasteiger partial charge in [0.05, 0.1) is 22.4 Å². The van der Waals surface area contributed by atoms with Crippen LogP contribution in [0, 0.1) is 0 Å². The molecule has 0 unspecified atom stereocenters. The zero-order chi connectivity index (χ0) is 16.4. The van der Waals surface area contributed by atoms with Crippen molar-refractivity contribution >= 4 is 38.0 Å². The molecule has 0 aliphatic heterocycles. The van der Waals surface area contributed by atoms with Gasteiger partial charge in [-0.3, -0.25) is 4.98 Å². The van der Waals surface area contributed by atoms with Crippen molar-refractivity contribution in [1.29, 1.82) is 0 Å². The monoisotopic (exact) mass is 318 g/mol. The highest BCUT2D eigenvalue weighted by Gasteiger charge is 2.17. The molecule has 6 rings (SSSR count). The Morgan fingerprint density at radius 2 is 1.44 bits per heavy atom. The normalized spacial score (nSPS) is 12.0. The third-order valence-electron chi connectivity index (χ3n) is 5.15. The van der Waals surface area contributed by atoms with E-state index in [-0.39, 0.29) is 0 Å². The molecule has 2 heteroatoms. The van der Waals surface area contributed by atoms with Crippen LogP contribution in [0.5, 0.6) is 0 Å². The molecule has 0 N–H and O–H groups in total. The predicted octanol–water partition coefficient (Wildman–Crippen LogP) is 5.90. The fourth-order valence-electron chi connectivity index (χ4n) is 4.06. The lowest BCUT2D eigenvalue weighted by atomic mass is 10.1. The number of rotatable bonds is 1. The molecule has 2 nitrogen and oxygen atoms in total. The van der Waals surface area contributed by atoms with Gasteiger partial charge in [-0.15, -0.1) is 0 Å². The van der Waals surface area contributed by atoms with Gasteiger partial charge in [0.15, 0.2) is 0 Å². The summed E-state index contributed by atoms with van der Waals surface area (Å²) in [4.78, 5) is 4.59. The van der Waals surface area contributed by atoms with Gasteiger partial charge in [0, 0.05) is 22.4 Å². The van der Waals surface area contributed by atoms with Crippen molar-refractivity contribution in [1.82, 2.24) is 9.38 Å². The Hall–Kier alpha value is -3.39. The van der Waals surface area contributed by atoms with E-state index in [9.17, 15) is 0 Å².